The second-order valence-electron chi connectivity index (χ2n) is 6.20. The van der Waals surface area contributed by atoms with E-state index >= 15 is 0 Å². The minimum atomic E-state index is 0.356. The number of nitrogens with zero attached hydrogens (tertiary/aromatic N) is 1. The van der Waals surface area contributed by atoms with Crippen molar-refractivity contribution in [2.45, 2.75) is 44.7 Å². The zero-order valence-electron chi connectivity index (χ0n) is 10.5. The summed E-state index contributed by atoms with van der Waals surface area (Å²) >= 11 is 1.77. The van der Waals surface area contributed by atoms with Gasteiger partial charge in [0.05, 0.1) is 6.54 Å². The zero-order chi connectivity index (χ0) is 12.1. The molecule has 2 nitrogen and oxygen atoms in total. The lowest BCUT2D eigenvalue weighted by Crippen LogP contribution is -2.36. The lowest BCUT2D eigenvalue weighted by molar-refractivity contribution is -0.136. The second-order valence-corrected chi connectivity index (χ2v) is 7.23. The smallest absolute Gasteiger partial charge is 0.226 e. The molecule has 4 rings (SSSR count). The van der Waals surface area contributed by atoms with Crippen molar-refractivity contribution in [3.8, 4) is 0 Å². The Kier molecular flexibility index (Phi) is 2.51. The molecule has 3 fully saturated rings. The first-order chi connectivity index (χ1) is 8.81. The summed E-state index contributed by atoms with van der Waals surface area (Å²) in [4.78, 5) is 16.2. The van der Waals surface area contributed by atoms with Crippen molar-refractivity contribution in [2.75, 3.05) is 0 Å². The van der Waals surface area contributed by atoms with Crippen molar-refractivity contribution in [3.63, 3.8) is 0 Å². The van der Waals surface area contributed by atoms with Crippen LogP contribution in [-0.2, 0) is 11.3 Å². The molecule has 96 valence electrons. The van der Waals surface area contributed by atoms with Crippen LogP contribution in [-0.4, -0.2) is 16.8 Å². The topological polar surface area (TPSA) is 20.3 Å². The van der Waals surface area contributed by atoms with Crippen molar-refractivity contribution < 1.29 is 4.79 Å². The molecule has 0 N–H and O–H groups in total. The summed E-state index contributed by atoms with van der Waals surface area (Å²) < 4.78 is 0. The maximum atomic E-state index is 12.6. The third kappa shape index (κ3) is 1.99. The van der Waals surface area contributed by atoms with E-state index in [2.05, 4.69) is 22.4 Å². The SMILES string of the molecule is O=C(C1CC2CC2C1)N(Cc1cccs1)C1CC1. The van der Waals surface area contributed by atoms with Crippen molar-refractivity contribution in [3.05, 3.63) is 22.4 Å². The standard InChI is InChI=1S/C15H19NOS/c17-15(12-7-10-6-11(10)8-12)16(13-3-4-13)9-14-2-1-5-18-14/h1-2,5,10-13H,3-4,6-9H2. The van der Waals surface area contributed by atoms with Crippen LogP contribution in [0, 0.1) is 17.8 Å². The molecule has 3 aliphatic carbocycles. The van der Waals surface area contributed by atoms with E-state index < -0.39 is 0 Å². The van der Waals surface area contributed by atoms with E-state index in [9.17, 15) is 4.79 Å². The Hall–Kier alpha value is -0.830. The molecule has 1 aromatic rings. The molecular weight excluding hydrogens is 242 g/mol. The van der Waals surface area contributed by atoms with Crippen LogP contribution in [0.25, 0.3) is 0 Å². The monoisotopic (exact) mass is 261 g/mol. The normalized spacial score (nSPS) is 33.2. The van der Waals surface area contributed by atoms with E-state index in [1.54, 1.807) is 11.3 Å². The second kappa shape index (κ2) is 4.09. The molecule has 1 amide bonds. The fraction of sp³-hybridized carbons (Fsp3) is 0.667. The number of rotatable bonds is 4. The minimum absolute atomic E-state index is 0.356. The molecular formula is C15H19NOS. The number of fused-ring (bicyclic) bond motifs is 1. The number of carbonyl (C=O) groups excluding carboxylic acids is 1. The van der Waals surface area contributed by atoms with Crippen LogP contribution in [0.3, 0.4) is 0 Å². The number of hydrogen-bond acceptors (Lipinski definition) is 2. The van der Waals surface area contributed by atoms with Crippen molar-refractivity contribution >= 4 is 17.2 Å². The summed E-state index contributed by atoms with van der Waals surface area (Å²) in [7, 11) is 0. The number of thiophene rings is 1. The van der Waals surface area contributed by atoms with Crippen LogP contribution in [0.2, 0.25) is 0 Å². The van der Waals surface area contributed by atoms with Gasteiger partial charge in [-0.2, -0.15) is 0 Å². The molecule has 0 bridgehead atoms. The van der Waals surface area contributed by atoms with Crippen molar-refractivity contribution in [1.82, 2.24) is 4.90 Å². The molecule has 0 spiro atoms. The Balaban J connectivity index is 1.46. The van der Waals surface area contributed by atoms with E-state index in [0.29, 0.717) is 17.9 Å². The van der Waals surface area contributed by atoms with Gasteiger partial charge in [-0.05, 0) is 55.4 Å². The third-order valence-electron chi connectivity index (χ3n) is 4.77. The average Bonchev–Trinajstić information content (AvgIpc) is 3.27. The predicted octanol–water partition coefficient (Wildman–Crippen LogP) is 3.29. The van der Waals surface area contributed by atoms with Crippen LogP contribution in [0.15, 0.2) is 17.5 Å². The van der Waals surface area contributed by atoms with Gasteiger partial charge in [-0.25, -0.2) is 0 Å². The van der Waals surface area contributed by atoms with Crippen LogP contribution in [0.1, 0.15) is 37.0 Å². The fourth-order valence-electron chi connectivity index (χ4n) is 3.49. The van der Waals surface area contributed by atoms with Gasteiger partial charge < -0.3 is 4.90 Å². The summed E-state index contributed by atoms with van der Waals surface area (Å²) in [6.45, 7) is 0.854. The minimum Gasteiger partial charge on any atom is -0.334 e. The molecule has 1 aromatic heterocycles. The van der Waals surface area contributed by atoms with Crippen LogP contribution in [0.4, 0.5) is 0 Å². The quantitative estimate of drug-likeness (QED) is 0.814. The molecule has 3 aliphatic rings. The third-order valence-corrected chi connectivity index (χ3v) is 5.63. The highest BCUT2D eigenvalue weighted by Crippen LogP contribution is 2.55. The molecule has 0 saturated heterocycles. The number of carbonyl (C=O) groups is 1. The van der Waals surface area contributed by atoms with Crippen molar-refractivity contribution in [2.24, 2.45) is 17.8 Å². The average molecular weight is 261 g/mol. The lowest BCUT2D eigenvalue weighted by Gasteiger charge is -2.25. The van der Waals surface area contributed by atoms with Crippen LogP contribution in [0.5, 0.6) is 0 Å². The number of hydrogen-bond donors (Lipinski definition) is 0. The predicted molar refractivity (Wildman–Crippen MR) is 72.2 cm³/mol. The summed E-state index contributed by atoms with van der Waals surface area (Å²) in [5, 5.41) is 2.11. The first-order valence-corrected chi connectivity index (χ1v) is 8.02. The highest BCUT2D eigenvalue weighted by Gasteiger charge is 2.49. The summed E-state index contributed by atoms with van der Waals surface area (Å²) in [5.74, 6) is 2.62. The molecule has 3 heteroatoms. The maximum absolute atomic E-state index is 12.6. The molecule has 18 heavy (non-hydrogen) atoms. The molecule has 0 radical (unpaired) electrons. The van der Waals surface area contributed by atoms with Gasteiger partial charge >= 0.3 is 0 Å². The fourth-order valence-corrected chi connectivity index (χ4v) is 4.20. The van der Waals surface area contributed by atoms with Gasteiger partial charge in [0.2, 0.25) is 5.91 Å². The lowest BCUT2D eigenvalue weighted by atomic mass is 10.0. The van der Waals surface area contributed by atoms with E-state index in [4.69, 9.17) is 0 Å². The summed E-state index contributed by atoms with van der Waals surface area (Å²) in [6, 6.07) is 4.79. The van der Waals surface area contributed by atoms with E-state index in [0.717, 1.165) is 18.4 Å². The van der Waals surface area contributed by atoms with E-state index in [1.807, 2.05) is 0 Å². The Morgan fingerprint density at radius 3 is 2.67 bits per heavy atom. The van der Waals surface area contributed by atoms with Crippen molar-refractivity contribution in [1.29, 1.82) is 0 Å². The van der Waals surface area contributed by atoms with E-state index in [1.165, 1.54) is 37.0 Å². The molecule has 1 heterocycles. The van der Waals surface area contributed by atoms with Gasteiger partial charge in [0.15, 0.2) is 0 Å². The zero-order valence-corrected chi connectivity index (χ0v) is 11.4. The molecule has 0 aliphatic heterocycles. The molecule has 0 aromatic carbocycles. The van der Waals surface area contributed by atoms with E-state index in [-0.39, 0.29) is 0 Å². The summed E-state index contributed by atoms with van der Waals surface area (Å²) in [6.07, 6.45) is 6.19. The Morgan fingerprint density at radius 2 is 2.06 bits per heavy atom. The first-order valence-electron chi connectivity index (χ1n) is 7.14. The highest BCUT2D eigenvalue weighted by molar-refractivity contribution is 7.09. The molecule has 2 atom stereocenters. The Bertz CT molecular complexity index is 441. The van der Waals surface area contributed by atoms with Gasteiger partial charge in [0.25, 0.3) is 0 Å². The summed E-state index contributed by atoms with van der Waals surface area (Å²) in [5.41, 5.74) is 0. The maximum Gasteiger partial charge on any atom is 0.226 e. The highest BCUT2D eigenvalue weighted by atomic mass is 32.1. The molecule has 3 saturated carbocycles. The van der Waals surface area contributed by atoms with Gasteiger partial charge in [0, 0.05) is 16.8 Å². The van der Waals surface area contributed by atoms with Gasteiger partial charge in [-0.1, -0.05) is 6.07 Å². The first kappa shape index (κ1) is 11.0. The Labute approximate surface area is 112 Å². The van der Waals surface area contributed by atoms with Gasteiger partial charge in [-0.15, -0.1) is 11.3 Å². The van der Waals surface area contributed by atoms with Crippen LogP contribution < -0.4 is 0 Å². The molecule has 2 unspecified atom stereocenters. The van der Waals surface area contributed by atoms with Gasteiger partial charge in [0.1, 0.15) is 0 Å². The Morgan fingerprint density at radius 1 is 1.28 bits per heavy atom. The largest absolute Gasteiger partial charge is 0.334 e. The van der Waals surface area contributed by atoms with Crippen LogP contribution >= 0.6 is 11.3 Å². The number of amides is 1. The van der Waals surface area contributed by atoms with Gasteiger partial charge in [-0.3, -0.25) is 4.79 Å².